The van der Waals surface area contributed by atoms with E-state index in [0.717, 1.165) is 23.3 Å². The third kappa shape index (κ3) is 3.68. The summed E-state index contributed by atoms with van der Waals surface area (Å²) in [5.41, 5.74) is 1.71. The number of hydrogen-bond acceptors (Lipinski definition) is 3. The lowest BCUT2D eigenvalue weighted by atomic mass is 9.89. The number of ether oxygens (including phenoxy) is 1. The number of fused-ring (bicyclic) bond motifs is 1. The highest BCUT2D eigenvalue weighted by atomic mass is 32.1. The van der Waals surface area contributed by atoms with Gasteiger partial charge in [-0.3, -0.25) is 0 Å². The van der Waals surface area contributed by atoms with E-state index in [0.29, 0.717) is 17.9 Å². The fourth-order valence-electron chi connectivity index (χ4n) is 3.83. The van der Waals surface area contributed by atoms with Crippen LogP contribution in [-0.2, 0) is 11.2 Å². The monoisotopic (exact) mass is 370 g/mol. The molecule has 0 saturated carbocycles. The number of aliphatic hydroxyl groups excluding tert-OH is 1. The van der Waals surface area contributed by atoms with Gasteiger partial charge >= 0.3 is 0 Å². The van der Waals surface area contributed by atoms with E-state index in [-0.39, 0.29) is 24.6 Å². The van der Waals surface area contributed by atoms with Gasteiger partial charge in [-0.1, -0.05) is 31.2 Å². The van der Waals surface area contributed by atoms with Crippen molar-refractivity contribution in [2.45, 2.75) is 38.4 Å². The van der Waals surface area contributed by atoms with Crippen LogP contribution in [0.25, 0.3) is 10.1 Å². The zero-order valence-electron chi connectivity index (χ0n) is 14.8. The lowest BCUT2D eigenvalue weighted by Gasteiger charge is -2.33. The van der Waals surface area contributed by atoms with Crippen LogP contribution in [0.1, 0.15) is 41.9 Å². The van der Waals surface area contributed by atoms with Crippen LogP contribution in [-0.4, -0.2) is 17.8 Å². The van der Waals surface area contributed by atoms with Gasteiger partial charge in [0.1, 0.15) is 5.82 Å². The summed E-state index contributed by atoms with van der Waals surface area (Å²) in [6.45, 7) is 2.22. The van der Waals surface area contributed by atoms with Crippen molar-refractivity contribution in [1.82, 2.24) is 0 Å². The van der Waals surface area contributed by atoms with Gasteiger partial charge in [0.05, 0.1) is 18.8 Å². The topological polar surface area (TPSA) is 29.5 Å². The van der Waals surface area contributed by atoms with Crippen LogP contribution < -0.4 is 0 Å². The second-order valence-corrected chi connectivity index (χ2v) is 8.45. The van der Waals surface area contributed by atoms with Crippen molar-refractivity contribution >= 4 is 21.4 Å². The standard InChI is InChI=1S/C22H23FO2S/c1-14-8-18(13-24)25-21(9-14)15-6-7-20(23)17(10-15)12-19-11-16-4-2-3-5-22(16)26-19/h2-7,10-11,14,18,21,24H,8-9,12-13H2,1H3. The van der Waals surface area contributed by atoms with Crippen LogP contribution in [0.5, 0.6) is 0 Å². The molecular weight excluding hydrogens is 347 g/mol. The van der Waals surface area contributed by atoms with E-state index >= 15 is 0 Å². The third-order valence-corrected chi connectivity index (χ3v) is 6.24. The van der Waals surface area contributed by atoms with Gasteiger partial charge in [0.25, 0.3) is 0 Å². The largest absolute Gasteiger partial charge is 0.394 e. The maximum absolute atomic E-state index is 14.4. The molecule has 3 aromatic rings. The Kier molecular flexibility index (Phi) is 5.07. The number of thiophene rings is 1. The molecule has 1 aromatic heterocycles. The summed E-state index contributed by atoms with van der Waals surface area (Å²) in [4.78, 5) is 1.16. The molecule has 4 rings (SSSR count). The van der Waals surface area contributed by atoms with E-state index in [2.05, 4.69) is 25.1 Å². The molecule has 0 spiro atoms. The second-order valence-electron chi connectivity index (χ2n) is 7.28. The first-order valence-electron chi connectivity index (χ1n) is 9.14. The molecule has 26 heavy (non-hydrogen) atoms. The molecule has 3 atom stereocenters. The smallest absolute Gasteiger partial charge is 0.126 e. The van der Waals surface area contributed by atoms with Gasteiger partial charge in [-0.2, -0.15) is 0 Å². The maximum Gasteiger partial charge on any atom is 0.126 e. The molecule has 2 heterocycles. The summed E-state index contributed by atoms with van der Waals surface area (Å²) in [5, 5.41) is 10.7. The van der Waals surface area contributed by atoms with Crippen molar-refractivity contribution in [3.63, 3.8) is 0 Å². The van der Waals surface area contributed by atoms with Crippen LogP contribution in [0.3, 0.4) is 0 Å². The quantitative estimate of drug-likeness (QED) is 0.659. The lowest BCUT2D eigenvalue weighted by Crippen LogP contribution is -2.29. The normalized spacial score (nSPS) is 23.4. The second kappa shape index (κ2) is 7.47. The molecule has 1 saturated heterocycles. The van der Waals surface area contributed by atoms with E-state index in [1.807, 2.05) is 24.3 Å². The average Bonchev–Trinajstić information content (AvgIpc) is 3.05. The molecule has 0 amide bonds. The predicted molar refractivity (Wildman–Crippen MR) is 104 cm³/mol. The van der Waals surface area contributed by atoms with Crippen molar-refractivity contribution in [2.75, 3.05) is 6.61 Å². The molecule has 0 aliphatic carbocycles. The molecular formula is C22H23FO2S. The SMILES string of the molecule is CC1CC(CO)OC(c2ccc(F)c(Cc3cc4ccccc4s3)c2)C1. The minimum atomic E-state index is -0.172. The molecule has 1 aliphatic heterocycles. The van der Waals surface area contributed by atoms with Crippen LogP contribution in [0.15, 0.2) is 48.5 Å². The van der Waals surface area contributed by atoms with Gasteiger partial charge in [0.2, 0.25) is 0 Å². The number of benzene rings is 2. The van der Waals surface area contributed by atoms with Crippen molar-refractivity contribution in [2.24, 2.45) is 5.92 Å². The molecule has 2 nitrogen and oxygen atoms in total. The summed E-state index contributed by atoms with van der Waals surface area (Å²) >= 11 is 1.72. The molecule has 4 heteroatoms. The van der Waals surface area contributed by atoms with Crippen molar-refractivity contribution in [3.8, 4) is 0 Å². The van der Waals surface area contributed by atoms with E-state index in [1.54, 1.807) is 17.4 Å². The van der Waals surface area contributed by atoms with Gasteiger partial charge < -0.3 is 9.84 Å². The van der Waals surface area contributed by atoms with E-state index in [9.17, 15) is 9.50 Å². The lowest BCUT2D eigenvalue weighted by molar-refractivity contribution is -0.0900. The van der Waals surface area contributed by atoms with Gasteiger partial charge in [0.15, 0.2) is 0 Å². The Balaban J connectivity index is 1.59. The first kappa shape index (κ1) is 17.7. The zero-order chi connectivity index (χ0) is 18.1. The third-order valence-electron chi connectivity index (χ3n) is 5.12. The van der Waals surface area contributed by atoms with Crippen molar-refractivity contribution in [3.05, 3.63) is 70.4 Å². The molecule has 3 unspecified atom stereocenters. The molecule has 0 radical (unpaired) electrons. The number of aliphatic hydroxyl groups is 1. The summed E-state index contributed by atoms with van der Waals surface area (Å²) in [6, 6.07) is 15.7. The Hall–Kier alpha value is -1.75. The Morgan fingerprint density at radius 3 is 2.81 bits per heavy atom. The van der Waals surface area contributed by atoms with E-state index < -0.39 is 0 Å². The Labute approximate surface area is 157 Å². The highest BCUT2D eigenvalue weighted by Gasteiger charge is 2.28. The van der Waals surface area contributed by atoms with Gasteiger partial charge in [0, 0.05) is 16.0 Å². The molecule has 136 valence electrons. The summed E-state index contributed by atoms with van der Waals surface area (Å²) in [5.74, 6) is 0.316. The highest BCUT2D eigenvalue weighted by Crippen LogP contribution is 2.36. The summed E-state index contributed by atoms with van der Waals surface area (Å²) < 4.78 is 21.7. The van der Waals surface area contributed by atoms with Gasteiger partial charge in [-0.15, -0.1) is 11.3 Å². The summed E-state index contributed by atoms with van der Waals surface area (Å²) in [7, 11) is 0. The predicted octanol–water partition coefficient (Wildman–Crippen LogP) is 5.48. The fraction of sp³-hybridized carbons (Fsp3) is 0.364. The van der Waals surface area contributed by atoms with E-state index in [1.165, 1.54) is 10.1 Å². The zero-order valence-corrected chi connectivity index (χ0v) is 15.6. The van der Waals surface area contributed by atoms with Crippen molar-refractivity contribution < 1.29 is 14.2 Å². The van der Waals surface area contributed by atoms with Crippen molar-refractivity contribution in [1.29, 1.82) is 0 Å². The minimum Gasteiger partial charge on any atom is -0.394 e. The van der Waals surface area contributed by atoms with Crippen LogP contribution in [0.4, 0.5) is 4.39 Å². The molecule has 0 bridgehead atoms. The van der Waals surface area contributed by atoms with Crippen LogP contribution in [0, 0.1) is 11.7 Å². The van der Waals surface area contributed by atoms with Gasteiger partial charge in [-0.25, -0.2) is 4.39 Å². The number of hydrogen-bond donors (Lipinski definition) is 1. The fourth-order valence-corrected chi connectivity index (χ4v) is 4.92. The van der Waals surface area contributed by atoms with Crippen LogP contribution >= 0.6 is 11.3 Å². The Morgan fingerprint density at radius 2 is 2.00 bits per heavy atom. The molecule has 2 aromatic carbocycles. The highest BCUT2D eigenvalue weighted by molar-refractivity contribution is 7.19. The van der Waals surface area contributed by atoms with Gasteiger partial charge in [-0.05, 0) is 59.5 Å². The summed E-state index contributed by atoms with van der Waals surface area (Å²) in [6.07, 6.45) is 2.18. The maximum atomic E-state index is 14.4. The molecule has 1 N–H and O–H groups in total. The molecule has 1 aliphatic rings. The number of halogens is 1. The first-order valence-corrected chi connectivity index (χ1v) is 9.96. The first-order chi connectivity index (χ1) is 12.6. The van der Waals surface area contributed by atoms with Crippen LogP contribution in [0.2, 0.25) is 0 Å². The Morgan fingerprint density at radius 1 is 1.15 bits per heavy atom. The minimum absolute atomic E-state index is 0.0384. The Bertz CT molecular complexity index is 871. The average molecular weight is 370 g/mol. The van der Waals surface area contributed by atoms with E-state index in [4.69, 9.17) is 4.74 Å². The molecule has 1 fully saturated rings. The number of rotatable bonds is 4.